The van der Waals surface area contributed by atoms with Crippen molar-refractivity contribution in [2.24, 2.45) is 5.92 Å². The summed E-state index contributed by atoms with van der Waals surface area (Å²) in [5, 5.41) is 0. The minimum Gasteiger partial charge on any atom is -0.460 e. The molecule has 7 heteroatoms. The van der Waals surface area contributed by atoms with Gasteiger partial charge in [-0.05, 0) is 5.92 Å². The second kappa shape index (κ2) is 7.57. The third-order valence-electron chi connectivity index (χ3n) is 1.32. The summed E-state index contributed by atoms with van der Waals surface area (Å²) in [6.45, 7) is 6.67. The average Bonchev–Trinajstić information content (AvgIpc) is 2.21. The van der Waals surface area contributed by atoms with Crippen molar-refractivity contribution in [3.8, 4) is 0 Å². The Morgan fingerprint density at radius 1 is 1.44 bits per heavy atom. The van der Waals surface area contributed by atoms with E-state index in [1.165, 1.54) is 0 Å². The molecule has 0 aliphatic heterocycles. The molecule has 0 aromatic rings. The largest absolute Gasteiger partial charge is 0.472 e. The molecule has 6 nitrogen and oxygen atoms in total. The number of esters is 1. The first kappa shape index (κ1) is 15.3. The fourth-order valence-corrected chi connectivity index (χ4v) is 1.50. The van der Waals surface area contributed by atoms with Crippen molar-refractivity contribution in [3.63, 3.8) is 0 Å². The number of carbonyl (C=O) groups excluding carboxylic acids is 1. The molecule has 0 spiro atoms. The highest BCUT2D eigenvalue weighted by Gasteiger charge is 2.21. The molecule has 0 aromatic heterocycles. The minimum absolute atomic E-state index is 0.125. The minimum atomic E-state index is -4.03. The summed E-state index contributed by atoms with van der Waals surface area (Å²) < 4.78 is 24.9. The van der Waals surface area contributed by atoms with Gasteiger partial charge >= 0.3 is 13.8 Å². The molecule has 0 radical (unpaired) electrons. The quantitative estimate of drug-likeness (QED) is 0.305. The number of carbonyl (C=O) groups is 1. The molecule has 0 saturated heterocycles. The van der Waals surface area contributed by atoms with Crippen molar-refractivity contribution >= 4 is 13.8 Å². The third kappa shape index (κ3) is 8.61. The number of rotatable bonds is 8. The SMILES string of the molecule is C=CC(=O)OCCOP(=O)(O)OCC(C)C. The summed E-state index contributed by atoms with van der Waals surface area (Å²) in [7, 11) is -4.03. The van der Waals surface area contributed by atoms with Gasteiger partial charge in [-0.25, -0.2) is 9.36 Å². The van der Waals surface area contributed by atoms with Crippen LogP contribution in [0.2, 0.25) is 0 Å². The van der Waals surface area contributed by atoms with Gasteiger partial charge in [0.1, 0.15) is 6.61 Å². The maximum Gasteiger partial charge on any atom is 0.472 e. The lowest BCUT2D eigenvalue weighted by Crippen LogP contribution is -2.09. The molecule has 0 saturated carbocycles. The zero-order valence-electron chi connectivity index (χ0n) is 9.42. The highest BCUT2D eigenvalue weighted by molar-refractivity contribution is 7.47. The summed E-state index contributed by atoms with van der Waals surface area (Å²) in [4.78, 5) is 19.7. The number of phosphoric ester groups is 1. The molecule has 0 rings (SSSR count). The molecule has 0 aromatic carbocycles. The summed E-state index contributed by atoms with van der Waals surface area (Å²) in [5.74, 6) is -0.484. The van der Waals surface area contributed by atoms with Crippen LogP contribution in [0, 0.1) is 5.92 Å². The lowest BCUT2D eigenvalue weighted by Gasteiger charge is -2.13. The van der Waals surface area contributed by atoms with E-state index in [0.717, 1.165) is 6.08 Å². The van der Waals surface area contributed by atoms with Crippen LogP contribution in [-0.4, -0.2) is 30.7 Å². The van der Waals surface area contributed by atoms with Gasteiger partial charge in [-0.3, -0.25) is 9.05 Å². The van der Waals surface area contributed by atoms with Crippen LogP contribution in [0.25, 0.3) is 0 Å². The summed E-state index contributed by atoms with van der Waals surface area (Å²) in [6.07, 6.45) is 0.994. The van der Waals surface area contributed by atoms with Gasteiger partial charge in [0.05, 0.1) is 13.2 Å². The Morgan fingerprint density at radius 3 is 2.56 bits per heavy atom. The molecule has 0 amide bonds. The number of phosphoric acid groups is 1. The van der Waals surface area contributed by atoms with Crippen LogP contribution < -0.4 is 0 Å². The van der Waals surface area contributed by atoms with E-state index < -0.39 is 13.8 Å². The van der Waals surface area contributed by atoms with Crippen molar-refractivity contribution in [2.75, 3.05) is 19.8 Å². The molecule has 0 bridgehead atoms. The number of hydrogen-bond acceptors (Lipinski definition) is 5. The Labute approximate surface area is 94.8 Å². The molecule has 1 N–H and O–H groups in total. The van der Waals surface area contributed by atoms with Gasteiger partial charge in [0.25, 0.3) is 0 Å². The first-order valence-corrected chi connectivity index (χ1v) is 6.28. The summed E-state index contributed by atoms with van der Waals surface area (Å²) >= 11 is 0. The molecular weight excluding hydrogens is 235 g/mol. The van der Waals surface area contributed by atoms with Crippen LogP contribution in [0.3, 0.4) is 0 Å². The van der Waals surface area contributed by atoms with Gasteiger partial charge < -0.3 is 9.63 Å². The van der Waals surface area contributed by atoms with E-state index in [9.17, 15) is 9.36 Å². The fourth-order valence-electron chi connectivity index (χ4n) is 0.634. The van der Waals surface area contributed by atoms with E-state index in [4.69, 9.17) is 4.89 Å². The molecular formula is C9H17O6P. The molecule has 1 unspecified atom stereocenters. The van der Waals surface area contributed by atoms with Crippen LogP contribution in [-0.2, 0) is 23.1 Å². The highest BCUT2D eigenvalue weighted by atomic mass is 31.2. The van der Waals surface area contributed by atoms with E-state index in [1.54, 1.807) is 0 Å². The molecule has 0 heterocycles. The molecule has 0 aliphatic rings. The van der Waals surface area contributed by atoms with Gasteiger partial charge in [-0.2, -0.15) is 0 Å². The Bertz CT molecular complexity index is 275. The molecule has 16 heavy (non-hydrogen) atoms. The van der Waals surface area contributed by atoms with Gasteiger partial charge in [0.2, 0.25) is 0 Å². The monoisotopic (exact) mass is 252 g/mol. The van der Waals surface area contributed by atoms with E-state index in [-0.39, 0.29) is 25.7 Å². The zero-order chi connectivity index (χ0) is 12.6. The maximum atomic E-state index is 11.2. The van der Waals surface area contributed by atoms with E-state index in [0.29, 0.717) is 0 Å². The van der Waals surface area contributed by atoms with Crippen LogP contribution in [0.4, 0.5) is 0 Å². The van der Waals surface area contributed by atoms with Gasteiger partial charge in [0.15, 0.2) is 0 Å². The Kier molecular flexibility index (Phi) is 7.25. The summed E-state index contributed by atoms with van der Waals surface area (Å²) in [6, 6.07) is 0. The van der Waals surface area contributed by atoms with Gasteiger partial charge in [-0.15, -0.1) is 0 Å². The average molecular weight is 252 g/mol. The van der Waals surface area contributed by atoms with Crippen LogP contribution in [0.5, 0.6) is 0 Å². The first-order valence-electron chi connectivity index (χ1n) is 4.78. The van der Waals surface area contributed by atoms with Crippen molar-refractivity contribution < 1.29 is 28.0 Å². The van der Waals surface area contributed by atoms with E-state index >= 15 is 0 Å². The topological polar surface area (TPSA) is 82.1 Å². The zero-order valence-corrected chi connectivity index (χ0v) is 10.3. The maximum absolute atomic E-state index is 11.2. The number of ether oxygens (including phenoxy) is 1. The predicted molar refractivity (Wildman–Crippen MR) is 57.7 cm³/mol. The van der Waals surface area contributed by atoms with Crippen molar-refractivity contribution in [1.29, 1.82) is 0 Å². The fraction of sp³-hybridized carbons (Fsp3) is 0.667. The van der Waals surface area contributed by atoms with E-state index in [2.05, 4.69) is 20.4 Å². The van der Waals surface area contributed by atoms with Crippen molar-refractivity contribution in [2.45, 2.75) is 13.8 Å². The molecule has 1 atom stereocenters. The third-order valence-corrected chi connectivity index (χ3v) is 2.30. The Hall–Kier alpha value is -0.680. The number of hydrogen-bond donors (Lipinski definition) is 1. The molecule has 0 fully saturated rings. The van der Waals surface area contributed by atoms with Crippen molar-refractivity contribution in [3.05, 3.63) is 12.7 Å². The molecule has 0 aliphatic carbocycles. The predicted octanol–water partition coefficient (Wildman–Crippen LogP) is 1.51. The normalized spacial score (nSPS) is 14.5. The second-order valence-electron chi connectivity index (χ2n) is 3.36. The summed E-state index contributed by atoms with van der Waals surface area (Å²) in [5.41, 5.74) is 0. The van der Waals surface area contributed by atoms with Crippen LogP contribution in [0.15, 0.2) is 12.7 Å². The standard InChI is InChI=1S/C9H17O6P/c1-4-9(10)13-5-6-14-16(11,12)15-7-8(2)3/h4,8H,1,5-7H2,2-3H3,(H,11,12). The van der Waals surface area contributed by atoms with Gasteiger partial charge in [-0.1, -0.05) is 20.4 Å². The second-order valence-corrected chi connectivity index (χ2v) is 4.82. The van der Waals surface area contributed by atoms with Crippen LogP contribution >= 0.6 is 7.82 Å². The Balaban J connectivity index is 3.69. The van der Waals surface area contributed by atoms with Gasteiger partial charge in [0, 0.05) is 6.08 Å². The molecule has 94 valence electrons. The van der Waals surface area contributed by atoms with E-state index in [1.807, 2.05) is 13.8 Å². The highest BCUT2D eigenvalue weighted by Crippen LogP contribution is 2.43. The lowest BCUT2D eigenvalue weighted by molar-refractivity contribution is -0.138. The first-order chi connectivity index (χ1) is 7.37. The lowest BCUT2D eigenvalue weighted by atomic mass is 10.2. The smallest absolute Gasteiger partial charge is 0.460 e. The van der Waals surface area contributed by atoms with Crippen molar-refractivity contribution in [1.82, 2.24) is 0 Å². The Morgan fingerprint density at radius 2 is 2.06 bits per heavy atom. The van der Waals surface area contributed by atoms with Crippen LogP contribution in [0.1, 0.15) is 13.8 Å².